The van der Waals surface area contributed by atoms with Crippen molar-refractivity contribution < 1.29 is 0 Å². The predicted molar refractivity (Wildman–Crippen MR) is 235 cm³/mol. The molecule has 0 N–H and O–H groups in total. The average molecular weight is 742 g/mol. The van der Waals surface area contributed by atoms with Gasteiger partial charge in [-0.1, -0.05) is 127 Å². The quantitative estimate of drug-likeness (QED) is 0.163. The van der Waals surface area contributed by atoms with Crippen molar-refractivity contribution in [2.75, 3.05) is 0 Å². The largest absolute Gasteiger partial charge is 0.256 e. The number of aromatic nitrogens is 4. The number of pyridine rings is 4. The van der Waals surface area contributed by atoms with Crippen LogP contribution in [0.15, 0.2) is 200 Å². The second-order valence-corrected chi connectivity index (χ2v) is 14.6. The molecule has 1 unspecified atom stereocenters. The van der Waals surface area contributed by atoms with E-state index in [-0.39, 0.29) is 5.92 Å². The lowest BCUT2D eigenvalue weighted by atomic mass is 9.82. The molecule has 1 aliphatic rings. The summed E-state index contributed by atoms with van der Waals surface area (Å²) in [7, 11) is 0. The molecule has 0 spiro atoms. The number of rotatable bonds is 7. The zero-order chi connectivity index (χ0) is 38.8. The maximum atomic E-state index is 10.2. The average Bonchev–Trinajstić information content (AvgIpc) is 3.31. The molecule has 5 heteroatoms. The van der Waals surface area contributed by atoms with E-state index in [2.05, 4.69) is 155 Å². The third kappa shape index (κ3) is 6.63. The Balaban J connectivity index is 0.984. The molecule has 0 amide bonds. The van der Waals surface area contributed by atoms with E-state index in [0.717, 1.165) is 94.5 Å². The topological polar surface area (TPSA) is 75.3 Å². The molecule has 0 aliphatic heterocycles. The summed E-state index contributed by atoms with van der Waals surface area (Å²) >= 11 is 0. The minimum atomic E-state index is 0.0740. The molecule has 0 bridgehead atoms. The van der Waals surface area contributed by atoms with E-state index in [1.165, 1.54) is 5.56 Å². The van der Waals surface area contributed by atoms with Gasteiger partial charge in [-0.2, -0.15) is 5.26 Å². The molecule has 58 heavy (non-hydrogen) atoms. The molecule has 272 valence electrons. The van der Waals surface area contributed by atoms with Crippen molar-refractivity contribution in [1.29, 1.82) is 5.26 Å². The summed E-state index contributed by atoms with van der Waals surface area (Å²) in [6, 6.07) is 59.3. The molecule has 10 rings (SSSR count). The highest BCUT2D eigenvalue weighted by Crippen LogP contribution is 2.41. The van der Waals surface area contributed by atoms with Crippen LogP contribution in [0.3, 0.4) is 0 Å². The fourth-order valence-electron chi connectivity index (χ4n) is 8.15. The SMILES string of the molecule is N#CC1=CC(c2ccc(-c3ccc(-c4cc(-c5ccccn5)nc(-c5ccccn5)c4)cc3)c3ccccc23)=CC(c2ccc(-c3cccc4cccnc34)cc2)C1. The minimum Gasteiger partial charge on any atom is -0.256 e. The Bertz CT molecular complexity index is 3010. The predicted octanol–water partition coefficient (Wildman–Crippen LogP) is 12.9. The van der Waals surface area contributed by atoms with Gasteiger partial charge < -0.3 is 0 Å². The minimum absolute atomic E-state index is 0.0740. The van der Waals surface area contributed by atoms with E-state index in [1.54, 1.807) is 12.4 Å². The first kappa shape index (κ1) is 34.7. The molecule has 5 aromatic carbocycles. The first-order valence-corrected chi connectivity index (χ1v) is 19.4. The molecule has 0 radical (unpaired) electrons. The van der Waals surface area contributed by atoms with Crippen LogP contribution in [0.1, 0.15) is 23.5 Å². The zero-order valence-electron chi connectivity index (χ0n) is 31.5. The van der Waals surface area contributed by atoms with Crippen molar-refractivity contribution in [2.24, 2.45) is 0 Å². The molecule has 0 saturated heterocycles. The molecule has 9 aromatic rings. The summed E-state index contributed by atoms with van der Waals surface area (Å²) in [5, 5.41) is 13.6. The van der Waals surface area contributed by atoms with Gasteiger partial charge in [-0.3, -0.25) is 15.0 Å². The Morgan fingerprint density at radius 2 is 1.09 bits per heavy atom. The fourth-order valence-corrected chi connectivity index (χ4v) is 8.15. The van der Waals surface area contributed by atoms with E-state index in [4.69, 9.17) is 4.98 Å². The monoisotopic (exact) mass is 741 g/mol. The van der Waals surface area contributed by atoms with Gasteiger partial charge in [0, 0.05) is 41.0 Å². The first-order chi connectivity index (χ1) is 28.7. The van der Waals surface area contributed by atoms with E-state index in [1.807, 2.05) is 48.7 Å². The van der Waals surface area contributed by atoms with Crippen LogP contribution in [-0.2, 0) is 0 Å². The number of nitrogens with zero attached hydrogens (tertiary/aromatic N) is 5. The summed E-state index contributed by atoms with van der Waals surface area (Å²) in [6.45, 7) is 0. The van der Waals surface area contributed by atoms with E-state index in [0.29, 0.717) is 6.42 Å². The standard InChI is InChI=1S/C53H35N5/c54-34-35-29-41(36-18-22-39(23-19-36)46-13-7-9-40-10-8-28-57-53(40)46)31-43(30-35)45-25-24-44(47-11-1-2-12-48(45)47)38-20-16-37(17-21-38)42-32-51(49-14-3-5-26-55-49)58-52(33-42)50-15-4-6-27-56-50/h1-28,30-33,41H,29H2. The van der Waals surface area contributed by atoms with Gasteiger partial charge in [0.2, 0.25) is 0 Å². The number of para-hydroxylation sites is 1. The molecule has 1 atom stereocenters. The van der Waals surface area contributed by atoms with Crippen LogP contribution in [0.5, 0.6) is 0 Å². The van der Waals surface area contributed by atoms with Gasteiger partial charge in [0.1, 0.15) is 0 Å². The lowest BCUT2D eigenvalue weighted by molar-refractivity contribution is 0.835. The van der Waals surface area contributed by atoms with Gasteiger partial charge in [-0.25, -0.2) is 4.98 Å². The number of benzene rings is 5. The number of fused-ring (bicyclic) bond motifs is 2. The summed E-state index contributed by atoms with van der Waals surface area (Å²) in [4.78, 5) is 18.8. The van der Waals surface area contributed by atoms with E-state index in [9.17, 15) is 5.26 Å². The highest BCUT2D eigenvalue weighted by atomic mass is 14.8. The van der Waals surface area contributed by atoms with Crippen molar-refractivity contribution in [3.8, 4) is 62.2 Å². The third-order valence-corrected chi connectivity index (χ3v) is 11.0. The Morgan fingerprint density at radius 1 is 0.483 bits per heavy atom. The van der Waals surface area contributed by atoms with Crippen molar-refractivity contribution in [2.45, 2.75) is 12.3 Å². The molecule has 4 aromatic heterocycles. The van der Waals surface area contributed by atoms with Crippen molar-refractivity contribution in [3.63, 3.8) is 0 Å². The first-order valence-electron chi connectivity index (χ1n) is 19.4. The highest BCUT2D eigenvalue weighted by molar-refractivity contribution is 6.04. The lowest BCUT2D eigenvalue weighted by Gasteiger charge is -2.21. The van der Waals surface area contributed by atoms with Crippen LogP contribution in [0.25, 0.3) is 83.4 Å². The number of hydrogen-bond donors (Lipinski definition) is 0. The van der Waals surface area contributed by atoms with Crippen molar-refractivity contribution in [3.05, 3.63) is 211 Å². The van der Waals surface area contributed by atoms with Crippen molar-refractivity contribution >= 4 is 27.2 Å². The summed E-state index contributed by atoms with van der Waals surface area (Å²) in [5.74, 6) is 0.0740. The number of allylic oxidation sites excluding steroid dienone is 4. The molecule has 0 saturated carbocycles. The van der Waals surface area contributed by atoms with Gasteiger partial charge in [0.15, 0.2) is 0 Å². The fraction of sp³-hybridized carbons (Fsp3) is 0.0377. The lowest BCUT2D eigenvalue weighted by Crippen LogP contribution is -2.04. The second-order valence-electron chi connectivity index (χ2n) is 14.6. The van der Waals surface area contributed by atoms with Gasteiger partial charge in [-0.05, 0) is 110 Å². The smallest absolute Gasteiger partial charge is 0.0947 e. The summed E-state index contributed by atoms with van der Waals surface area (Å²) < 4.78 is 0. The van der Waals surface area contributed by atoms with E-state index < -0.39 is 0 Å². The molecular formula is C53H35N5. The molecule has 4 heterocycles. The normalized spacial score (nSPS) is 13.8. The molecule has 0 fully saturated rings. The molecule has 1 aliphatic carbocycles. The number of nitriles is 1. The third-order valence-electron chi connectivity index (χ3n) is 11.0. The van der Waals surface area contributed by atoms with Gasteiger partial charge in [-0.15, -0.1) is 0 Å². The Hall–Kier alpha value is -7.81. The van der Waals surface area contributed by atoms with Crippen LogP contribution < -0.4 is 0 Å². The van der Waals surface area contributed by atoms with Crippen molar-refractivity contribution in [1.82, 2.24) is 19.9 Å². The Morgan fingerprint density at radius 3 is 1.78 bits per heavy atom. The van der Waals surface area contributed by atoms with Crippen LogP contribution in [0.2, 0.25) is 0 Å². The maximum Gasteiger partial charge on any atom is 0.0947 e. The van der Waals surface area contributed by atoms with Gasteiger partial charge in [0.25, 0.3) is 0 Å². The summed E-state index contributed by atoms with van der Waals surface area (Å²) in [5.41, 5.74) is 15.0. The summed E-state index contributed by atoms with van der Waals surface area (Å²) in [6.07, 6.45) is 10.5. The Labute approximate surface area is 337 Å². The molecule has 5 nitrogen and oxygen atoms in total. The number of hydrogen-bond acceptors (Lipinski definition) is 5. The van der Waals surface area contributed by atoms with E-state index >= 15 is 0 Å². The van der Waals surface area contributed by atoms with Gasteiger partial charge in [0.05, 0.1) is 34.4 Å². The van der Waals surface area contributed by atoms with Crippen LogP contribution in [0, 0.1) is 11.3 Å². The van der Waals surface area contributed by atoms with Crippen LogP contribution in [0.4, 0.5) is 0 Å². The zero-order valence-corrected chi connectivity index (χ0v) is 31.5. The molecular weight excluding hydrogens is 707 g/mol. The second kappa shape index (κ2) is 15.0. The van der Waals surface area contributed by atoms with Gasteiger partial charge >= 0.3 is 0 Å². The highest BCUT2D eigenvalue weighted by Gasteiger charge is 2.21. The Kier molecular flexibility index (Phi) is 8.98. The van der Waals surface area contributed by atoms with Crippen LogP contribution >= 0.6 is 0 Å². The maximum absolute atomic E-state index is 10.2. The van der Waals surface area contributed by atoms with Crippen LogP contribution in [-0.4, -0.2) is 19.9 Å².